The van der Waals surface area contributed by atoms with Crippen LogP contribution in [0.1, 0.15) is 24.1 Å². The summed E-state index contributed by atoms with van der Waals surface area (Å²) >= 11 is 5.87. The van der Waals surface area contributed by atoms with Crippen LogP contribution >= 0.6 is 38.5 Å². The number of benzene rings is 2. The van der Waals surface area contributed by atoms with E-state index in [9.17, 15) is 4.39 Å². The first-order chi connectivity index (χ1) is 9.60. The average molecular weight is 448 g/mol. The smallest absolute Gasteiger partial charge is 0.123 e. The van der Waals surface area contributed by atoms with Gasteiger partial charge >= 0.3 is 0 Å². The molecule has 0 saturated heterocycles. The molecule has 0 aliphatic rings. The summed E-state index contributed by atoms with van der Waals surface area (Å²) in [5, 5.41) is 3.49. The first kappa shape index (κ1) is 15.9. The zero-order valence-corrected chi connectivity index (χ0v) is 14.9. The second-order valence-electron chi connectivity index (χ2n) is 4.61. The molecule has 2 aromatic rings. The highest BCUT2D eigenvalue weighted by molar-refractivity contribution is 14.1. The van der Waals surface area contributed by atoms with Gasteiger partial charge in [-0.1, -0.05) is 35.0 Å². The molecule has 0 aromatic heterocycles. The lowest BCUT2D eigenvalue weighted by Crippen LogP contribution is -2.23. The predicted molar refractivity (Wildman–Crippen MR) is 93.4 cm³/mol. The molecule has 0 aliphatic carbocycles. The van der Waals surface area contributed by atoms with Gasteiger partial charge in [0.2, 0.25) is 0 Å². The maximum absolute atomic E-state index is 13.3. The van der Waals surface area contributed by atoms with Crippen LogP contribution in [0.2, 0.25) is 0 Å². The van der Waals surface area contributed by atoms with E-state index in [1.807, 2.05) is 12.1 Å². The molecule has 4 heteroatoms. The molecule has 106 valence electrons. The third-order valence-electron chi connectivity index (χ3n) is 3.11. The summed E-state index contributed by atoms with van der Waals surface area (Å²) in [6.45, 7) is 2.96. The lowest BCUT2D eigenvalue weighted by atomic mass is 9.99. The van der Waals surface area contributed by atoms with Crippen molar-refractivity contribution in [3.63, 3.8) is 0 Å². The molecule has 0 heterocycles. The third kappa shape index (κ3) is 4.27. The van der Waals surface area contributed by atoms with Crippen molar-refractivity contribution in [2.24, 2.45) is 0 Å². The van der Waals surface area contributed by atoms with Crippen LogP contribution in [-0.4, -0.2) is 6.54 Å². The Hall–Kier alpha value is -0.460. The molecule has 2 aromatic carbocycles. The van der Waals surface area contributed by atoms with E-state index in [0.29, 0.717) is 0 Å². The van der Waals surface area contributed by atoms with Crippen LogP contribution < -0.4 is 5.32 Å². The van der Waals surface area contributed by atoms with Gasteiger partial charge in [0.25, 0.3) is 0 Å². The molecular formula is C16H16BrFIN. The maximum atomic E-state index is 13.3. The monoisotopic (exact) mass is 447 g/mol. The predicted octanol–water partition coefficient (Wildman–Crippen LogP) is 5.09. The summed E-state index contributed by atoms with van der Waals surface area (Å²) in [6.07, 6.45) is 0.776. The number of likely N-dealkylation sites (N-methyl/N-ethyl adjacent to an activating group) is 1. The van der Waals surface area contributed by atoms with Gasteiger partial charge in [0.1, 0.15) is 5.82 Å². The van der Waals surface area contributed by atoms with Crippen molar-refractivity contribution >= 4 is 38.5 Å². The topological polar surface area (TPSA) is 12.0 Å². The summed E-state index contributed by atoms with van der Waals surface area (Å²) in [5.74, 6) is -0.179. The molecule has 1 atom stereocenters. The summed E-state index contributed by atoms with van der Waals surface area (Å²) in [7, 11) is 0. The van der Waals surface area contributed by atoms with Crippen LogP contribution in [0.4, 0.5) is 4.39 Å². The number of rotatable bonds is 5. The van der Waals surface area contributed by atoms with Crippen LogP contribution in [0.3, 0.4) is 0 Å². The Kier molecular flexibility index (Phi) is 5.99. The van der Waals surface area contributed by atoms with Crippen molar-refractivity contribution < 1.29 is 4.39 Å². The first-order valence-corrected chi connectivity index (χ1v) is 8.40. The summed E-state index contributed by atoms with van der Waals surface area (Å²) < 4.78 is 15.6. The highest BCUT2D eigenvalue weighted by atomic mass is 127. The second-order valence-corrected chi connectivity index (χ2v) is 6.69. The fourth-order valence-corrected chi connectivity index (χ4v) is 3.31. The average Bonchev–Trinajstić information content (AvgIpc) is 2.41. The van der Waals surface area contributed by atoms with E-state index >= 15 is 0 Å². The molecule has 0 radical (unpaired) electrons. The fourth-order valence-electron chi connectivity index (χ4n) is 2.22. The van der Waals surface area contributed by atoms with Gasteiger partial charge in [0.05, 0.1) is 0 Å². The maximum Gasteiger partial charge on any atom is 0.123 e. The first-order valence-electron chi connectivity index (χ1n) is 6.53. The van der Waals surface area contributed by atoms with Gasteiger partial charge in [-0.05, 0) is 77.0 Å². The van der Waals surface area contributed by atoms with E-state index in [1.54, 1.807) is 12.1 Å². The number of nitrogens with one attached hydrogen (secondary N) is 1. The van der Waals surface area contributed by atoms with Crippen LogP contribution in [0.15, 0.2) is 46.9 Å². The second kappa shape index (κ2) is 7.52. The lowest BCUT2D eigenvalue weighted by molar-refractivity contribution is 0.544. The Labute approximate surface area is 141 Å². The molecule has 2 rings (SSSR count). The normalized spacial score (nSPS) is 12.4. The van der Waals surface area contributed by atoms with Crippen molar-refractivity contribution in [3.8, 4) is 0 Å². The minimum atomic E-state index is -0.179. The van der Waals surface area contributed by atoms with Gasteiger partial charge in [-0.15, -0.1) is 0 Å². The molecule has 0 saturated carbocycles. The Bertz CT molecular complexity index is 588. The van der Waals surface area contributed by atoms with E-state index in [4.69, 9.17) is 0 Å². The van der Waals surface area contributed by atoms with Crippen LogP contribution in [0.5, 0.6) is 0 Å². The van der Waals surface area contributed by atoms with Crippen molar-refractivity contribution in [3.05, 3.63) is 67.5 Å². The number of halogens is 3. The van der Waals surface area contributed by atoms with Gasteiger partial charge in [-0.2, -0.15) is 0 Å². The molecule has 0 amide bonds. The fraction of sp³-hybridized carbons (Fsp3) is 0.250. The van der Waals surface area contributed by atoms with Crippen LogP contribution in [0, 0.1) is 9.39 Å². The minimum absolute atomic E-state index is 0.179. The van der Waals surface area contributed by atoms with Gasteiger partial charge < -0.3 is 5.32 Å². The Balaban J connectivity index is 2.29. The summed E-state index contributed by atoms with van der Waals surface area (Å²) in [4.78, 5) is 0. The van der Waals surface area contributed by atoms with E-state index in [0.717, 1.165) is 23.0 Å². The van der Waals surface area contributed by atoms with Gasteiger partial charge in [-0.3, -0.25) is 0 Å². The summed E-state index contributed by atoms with van der Waals surface area (Å²) in [5.41, 5.74) is 2.25. The van der Waals surface area contributed by atoms with E-state index in [1.165, 1.54) is 15.2 Å². The quantitative estimate of drug-likeness (QED) is 0.629. The highest BCUT2D eigenvalue weighted by Gasteiger charge is 2.15. The van der Waals surface area contributed by atoms with Crippen molar-refractivity contribution in [2.75, 3.05) is 6.54 Å². The molecule has 0 bridgehead atoms. The van der Waals surface area contributed by atoms with E-state index < -0.39 is 0 Å². The molecule has 20 heavy (non-hydrogen) atoms. The molecule has 0 aliphatic heterocycles. The Morgan fingerprint density at radius 1 is 1.25 bits per heavy atom. The van der Waals surface area contributed by atoms with Crippen molar-refractivity contribution in [1.82, 2.24) is 5.32 Å². The summed E-state index contributed by atoms with van der Waals surface area (Å²) in [6, 6.07) is 13.3. The van der Waals surface area contributed by atoms with Crippen molar-refractivity contribution in [2.45, 2.75) is 19.4 Å². The largest absolute Gasteiger partial charge is 0.310 e. The Morgan fingerprint density at radius 2 is 2.05 bits per heavy atom. The minimum Gasteiger partial charge on any atom is -0.310 e. The SMILES string of the molecule is CCNC(Cc1cccc(F)c1)c1cc(Br)ccc1I. The number of hydrogen-bond acceptors (Lipinski definition) is 1. The molecule has 0 fully saturated rings. The standard InChI is InChI=1S/C16H16BrFIN/c1-2-20-16(9-11-4-3-5-13(18)8-11)14-10-12(17)6-7-15(14)19/h3-8,10,16,20H,2,9H2,1H3. The molecular weight excluding hydrogens is 432 g/mol. The van der Waals surface area contributed by atoms with Crippen LogP contribution in [0.25, 0.3) is 0 Å². The van der Waals surface area contributed by atoms with Crippen LogP contribution in [-0.2, 0) is 6.42 Å². The molecule has 0 spiro atoms. The molecule has 1 nitrogen and oxygen atoms in total. The molecule has 1 N–H and O–H groups in total. The zero-order valence-electron chi connectivity index (χ0n) is 11.2. The number of hydrogen-bond donors (Lipinski definition) is 1. The highest BCUT2D eigenvalue weighted by Crippen LogP contribution is 2.27. The Morgan fingerprint density at radius 3 is 2.75 bits per heavy atom. The van der Waals surface area contributed by atoms with Gasteiger partial charge in [0, 0.05) is 14.1 Å². The van der Waals surface area contributed by atoms with E-state index in [-0.39, 0.29) is 11.9 Å². The van der Waals surface area contributed by atoms with Crippen molar-refractivity contribution in [1.29, 1.82) is 0 Å². The van der Waals surface area contributed by atoms with Gasteiger partial charge in [-0.25, -0.2) is 4.39 Å². The van der Waals surface area contributed by atoms with E-state index in [2.05, 4.69) is 62.9 Å². The van der Waals surface area contributed by atoms with Gasteiger partial charge in [0.15, 0.2) is 0 Å². The molecule has 1 unspecified atom stereocenters. The lowest BCUT2D eigenvalue weighted by Gasteiger charge is -2.20. The third-order valence-corrected chi connectivity index (χ3v) is 4.59. The zero-order chi connectivity index (χ0) is 14.5.